The molecule has 3 rings (SSSR count). The molecular formula is C15H21N3O6S2. The Morgan fingerprint density at radius 1 is 1.04 bits per heavy atom. The minimum atomic E-state index is -3.75. The number of sulfonamides is 2. The minimum Gasteiger partial charge on any atom is -0.258 e. The van der Waals surface area contributed by atoms with Crippen LogP contribution in [0.4, 0.5) is 5.69 Å². The monoisotopic (exact) mass is 403 g/mol. The molecule has 0 aromatic heterocycles. The molecule has 2 aliphatic rings. The van der Waals surface area contributed by atoms with E-state index in [4.69, 9.17) is 0 Å². The molecule has 1 aliphatic heterocycles. The number of rotatable bonds is 7. The minimum absolute atomic E-state index is 0.0307. The van der Waals surface area contributed by atoms with E-state index in [-0.39, 0.29) is 28.3 Å². The smallest absolute Gasteiger partial charge is 0.258 e. The number of nitrogens with one attached hydrogen (secondary N) is 1. The molecule has 0 unspecified atom stereocenters. The van der Waals surface area contributed by atoms with Gasteiger partial charge in [-0.25, -0.2) is 25.9 Å². The van der Waals surface area contributed by atoms with Crippen molar-refractivity contribution in [2.24, 2.45) is 5.92 Å². The number of hydrogen-bond donors (Lipinski definition) is 1. The molecule has 0 bridgehead atoms. The molecule has 1 aromatic rings. The molecular weight excluding hydrogens is 382 g/mol. The van der Waals surface area contributed by atoms with Gasteiger partial charge in [-0.05, 0) is 43.7 Å². The van der Waals surface area contributed by atoms with Crippen LogP contribution in [-0.2, 0) is 20.0 Å². The van der Waals surface area contributed by atoms with Crippen molar-refractivity contribution < 1.29 is 21.8 Å². The first-order valence-electron chi connectivity index (χ1n) is 8.43. The van der Waals surface area contributed by atoms with Crippen molar-refractivity contribution in [1.82, 2.24) is 9.03 Å². The third kappa shape index (κ3) is 4.22. The maximum absolute atomic E-state index is 12.3. The summed E-state index contributed by atoms with van der Waals surface area (Å²) in [7, 11) is -6.92. The number of nitro groups is 1. The van der Waals surface area contributed by atoms with Crippen LogP contribution in [0.25, 0.3) is 0 Å². The van der Waals surface area contributed by atoms with Crippen molar-refractivity contribution in [3.63, 3.8) is 0 Å². The summed E-state index contributed by atoms with van der Waals surface area (Å²) >= 11 is 0. The van der Waals surface area contributed by atoms with Crippen molar-refractivity contribution >= 4 is 25.7 Å². The highest BCUT2D eigenvalue weighted by Gasteiger charge is 2.41. The fourth-order valence-electron chi connectivity index (χ4n) is 3.00. The Morgan fingerprint density at radius 2 is 1.62 bits per heavy atom. The van der Waals surface area contributed by atoms with Crippen LogP contribution in [-0.4, -0.2) is 50.9 Å². The Hall–Kier alpha value is -1.56. The Kier molecular flexibility index (Phi) is 5.33. The molecule has 2 fully saturated rings. The van der Waals surface area contributed by atoms with Gasteiger partial charge in [0.25, 0.3) is 5.69 Å². The van der Waals surface area contributed by atoms with Gasteiger partial charge in [0.05, 0.1) is 15.1 Å². The fourth-order valence-corrected chi connectivity index (χ4v) is 5.99. The summed E-state index contributed by atoms with van der Waals surface area (Å²) in [5.41, 5.74) is -0.173. The van der Waals surface area contributed by atoms with Gasteiger partial charge in [0, 0.05) is 31.8 Å². The lowest BCUT2D eigenvalue weighted by Crippen LogP contribution is -2.42. The Labute approximate surface area is 152 Å². The molecule has 0 atom stereocenters. The van der Waals surface area contributed by atoms with Gasteiger partial charge in [-0.1, -0.05) is 0 Å². The van der Waals surface area contributed by atoms with E-state index >= 15 is 0 Å². The number of piperidine rings is 1. The van der Waals surface area contributed by atoms with Gasteiger partial charge < -0.3 is 0 Å². The Morgan fingerprint density at radius 3 is 2.12 bits per heavy atom. The van der Waals surface area contributed by atoms with Crippen LogP contribution < -0.4 is 4.72 Å². The highest BCUT2D eigenvalue weighted by Crippen LogP contribution is 2.33. The van der Waals surface area contributed by atoms with Gasteiger partial charge in [-0.3, -0.25) is 10.1 Å². The number of nitrogens with zero attached hydrogens (tertiary/aromatic N) is 2. The normalized spacial score (nSPS) is 20.2. The number of benzene rings is 1. The zero-order valence-electron chi connectivity index (χ0n) is 14.1. The van der Waals surface area contributed by atoms with Gasteiger partial charge >= 0.3 is 0 Å². The van der Waals surface area contributed by atoms with E-state index in [2.05, 4.69) is 4.72 Å². The molecule has 1 saturated carbocycles. The summed E-state index contributed by atoms with van der Waals surface area (Å²) in [6, 6.07) is 4.70. The van der Waals surface area contributed by atoms with E-state index < -0.39 is 25.0 Å². The van der Waals surface area contributed by atoms with Crippen LogP contribution in [0.2, 0.25) is 0 Å². The first-order valence-corrected chi connectivity index (χ1v) is 11.4. The Bertz CT molecular complexity index is 870. The summed E-state index contributed by atoms with van der Waals surface area (Å²) in [5.74, 6) is 0.0634. The lowest BCUT2D eigenvalue weighted by molar-refractivity contribution is -0.384. The van der Waals surface area contributed by atoms with Crippen molar-refractivity contribution in [2.45, 2.75) is 35.8 Å². The number of nitro benzene ring substituents is 1. The zero-order valence-corrected chi connectivity index (χ0v) is 15.7. The van der Waals surface area contributed by atoms with Gasteiger partial charge in [0.1, 0.15) is 0 Å². The van der Waals surface area contributed by atoms with Crippen molar-refractivity contribution in [1.29, 1.82) is 0 Å². The molecule has 144 valence electrons. The van der Waals surface area contributed by atoms with Gasteiger partial charge in [0.2, 0.25) is 20.0 Å². The average molecular weight is 403 g/mol. The summed E-state index contributed by atoms with van der Waals surface area (Å²) in [6.45, 7) is 1.06. The van der Waals surface area contributed by atoms with Gasteiger partial charge in [-0.2, -0.15) is 0 Å². The van der Waals surface area contributed by atoms with E-state index in [0.717, 1.165) is 25.0 Å². The van der Waals surface area contributed by atoms with Crippen molar-refractivity contribution in [3.05, 3.63) is 34.4 Å². The first-order chi connectivity index (χ1) is 12.2. The highest BCUT2D eigenvalue weighted by atomic mass is 32.2. The first kappa shape index (κ1) is 19.2. The van der Waals surface area contributed by atoms with Crippen LogP contribution in [0.1, 0.15) is 25.7 Å². The Balaban J connectivity index is 1.53. The average Bonchev–Trinajstić information content (AvgIpc) is 3.46. The molecule has 0 amide bonds. The SMILES string of the molecule is O=[N+]([O-])c1ccc(S(=O)(=O)NCC2CCN(S(=O)(=O)C3CC3)CC2)cc1. The lowest BCUT2D eigenvalue weighted by Gasteiger charge is -2.31. The van der Waals surface area contributed by atoms with Crippen LogP contribution in [0.5, 0.6) is 0 Å². The van der Waals surface area contributed by atoms with Crippen molar-refractivity contribution in [2.75, 3.05) is 19.6 Å². The molecule has 9 nitrogen and oxygen atoms in total. The topological polar surface area (TPSA) is 127 Å². The maximum atomic E-state index is 12.3. The molecule has 0 spiro atoms. The molecule has 11 heteroatoms. The molecule has 1 aromatic carbocycles. The summed E-state index contributed by atoms with van der Waals surface area (Å²) < 4.78 is 53.0. The second kappa shape index (κ2) is 7.22. The third-order valence-electron chi connectivity index (χ3n) is 4.80. The largest absolute Gasteiger partial charge is 0.269 e. The fraction of sp³-hybridized carbons (Fsp3) is 0.600. The lowest BCUT2D eigenvalue weighted by atomic mass is 9.99. The van der Waals surface area contributed by atoms with Gasteiger partial charge in [0.15, 0.2) is 0 Å². The zero-order chi connectivity index (χ0) is 18.9. The van der Waals surface area contributed by atoms with Crippen LogP contribution in [0.3, 0.4) is 0 Å². The second-order valence-corrected chi connectivity index (χ2v) is 10.7. The standard InChI is InChI=1S/C15H21N3O6S2/c19-18(20)13-1-3-14(4-2-13)25(21,22)16-11-12-7-9-17(10-8-12)26(23,24)15-5-6-15/h1-4,12,15-16H,5-11H2. The van der Waals surface area contributed by atoms with E-state index in [1.54, 1.807) is 0 Å². The number of hydrogen-bond acceptors (Lipinski definition) is 6. The van der Waals surface area contributed by atoms with E-state index in [9.17, 15) is 26.9 Å². The predicted octanol–water partition coefficient (Wildman–Crippen LogP) is 1.08. The summed E-state index contributed by atoms with van der Waals surface area (Å²) in [6.07, 6.45) is 2.68. The van der Waals surface area contributed by atoms with Crippen molar-refractivity contribution in [3.8, 4) is 0 Å². The summed E-state index contributed by atoms with van der Waals surface area (Å²) in [5, 5.41) is 10.4. The second-order valence-electron chi connectivity index (χ2n) is 6.69. The van der Waals surface area contributed by atoms with Crippen LogP contribution >= 0.6 is 0 Å². The maximum Gasteiger partial charge on any atom is 0.269 e. The number of non-ortho nitro benzene ring substituents is 1. The van der Waals surface area contributed by atoms with E-state index in [1.165, 1.54) is 16.4 Å². The molecule has 26 heavy (non-hydrogen) atoms. The van der Waals surface area contributed by atoms with Crippen LogP contribution in [0, 0.1) is 16.0 Å². The molecule has 0 radical (unpaired) electrons. The molecule has 1 N–H and O–H groups in total. The van der Waals surface area contributed by atoms with E-state index in [1.807, 2.05) is 0 Å². The molecule has 1 saturated heterocycles. The van der Waals surface area contributed by atoms with Crippen LogP contribution in [0.15, 0.2) is 29.2 Å². The summed E-state index contributed by atoms with van der Waals surface area (Å²) in [4.78, 5) is 10.0. The molecule has 1 aliphatic carbocycles. The van der Waals surface area contributed by atoms with Gasteiger partial charge in [-0.15, -0.1) is 0 Å². The third-order valence-corrected chi connectivity index (χ3v) is 8.64. The van der Waals surface area contributed by atoms with E-state index in [0.29, 0.717) is 25.9 Å². The quantitative estimate of drug-likeness (QED) is 0.536. The molecule has 1 heterocycles. The highest BCUT2D eigenvalue weighted by molar-refractivity contribution is 7.90. The predicted molar refractivity (Wildman–Crippen MR) is 94.5 cm³/mol.